The molecule has 6 aromatic carbocycles. The summed E-state index contributed by atoms with van der Waals surface area (Å²) in [4.78, 5) is 1.35. The molecule has 0 saturated heterocycles. The average molecular weight is 639 g/mol. The summed E-state index contributed by atoms with van der Waals surface area (Å²) in [6, 6.07) is 47.3. The van der Waals surface area contributed by atoms with E-state index in [-0.39, 0.29) is 11.5 Å². The zero-order valence-corrected chi connectivity index (χ0v) is 28.7. The number of aromatic nitrogens is 1. The van der Waals surface area contributed by atoms with Crippen LogP contribution in [0, 0.1) is 0 Å². The smallest absolute Gasteiger partial charge is 0.0595 e. The van der Waals surface area contributed by atoms with Crippen molar-refractivity contribution in [2.75, 3.05) is 7.05 Å². The molecule has 1 unspecified atom stereocenters. The van der Waals surface area contributed by atoms with Crippen molar-refractivity contribution in [2.24, 2.45) is 0 Å². The Hall–Kier alpha value is -4.96. The van der Waals surface area contributed by atoms with Crippen LogP contribution >= 0.6 is 11.3 Å². The summed E-state index contributed by atoms with van der Waals surface area (Å²) in [5, 5.41) is 10.2. The van der Waals surface area contributed by atoms with E-state index in [0.717, 1.165) is 6.42 Å². The van der Waals surface area contributed by atoms with Crippen LogP contribution in [0.1, 0.15) is 60.4 Å². The van der Waals surface area contributed by atoms with E-state index in [1.54, 1.807) is 0 Å². The van der Waals surface area contributed by atoms with Gasteiger partial charge < -0.3 is 9.88 Å². The van der Waals surface area contributed by atoms with Gasteiger partial charge in [0.15, 0.2) is 0 Å². The van der Waals surface area contributed by atoms with Crippen LogP contribution in [0.4, 0.5) is 0 Å². The number of rotatable bonds is 6. The Balaban J connectivity index is 1.26. The van der Waals surface area contributed by atoms with Gasteiger partial charge in [0.2, 0.25) is 0 Å². The molecule has 48 heavy (non-hydrogen) atoms. The third-order valence-corrected chi connectivity index (χ3v) is 11.9. The summed E-state index contributed by atoms with van der Waals surface area (Å²) < 4.78 is 3.76. The molecule has 0 amide bonds. The molecule has 1 N–H and O–H groups in total. The van der Waals surface area contributed by atoms with Crippen LogP contribution in [-0.2, 0) is 5.41 Å². The lowest BCUT2D eigenvalue weighted by molar-refractivity contribution is 0.651. The number of allylic oxidation sites excluding steroid dienone is 1. The first-order chi connectivity index (χ1) is 23.5. The van der Waals surface area contributed by atoms with Gasteiger partial charge in [-0.2, -0.15) is 0 Å². The van der Waals surface area contributed by atoms with Gasteiger partial charge >= 0.3 is 0 Å². The number of hydrogen-bond donors (Lipinski definition) is 1. The molecule has 9 rings (SSSR count). The number of hydrogen-bond acceptors (Lipinski definition) is 2. The third-order valence-electron chi connectivity index (χ3n) is 10.7. The van der Waals surface area contributed by atoms with E-state index in [4.69, 9.17) is 0 Å². The van der Waals surface area contributed by atoms with Gasteiger partial charge in [0, 0.05) is 32.0 Å². The van der Waals surface area contributed by atoms with Crippen LogP contribution in [0.25, 0.3) is 65.6 Å². The Labute approximate surface area is 286 Å². The minimum atomic E-state index is -0.0467. The number of thiophene rings is 1. The van der Waals surface area contributed by atoms with E-state index in [1.807, 2.05) is 11.3 Å². The molecular formula is C45H38N2S. The van der Waals surface area contributed by atoms with E-state index in [9.17, 15) is 0 Å². The van der Waals surface area contributed by atoms with Crippen molar-refractivity contribution < 1.29 is 0 Å². The topological polar surface area (TPSA) is 17.0 Å². The maximum Gasteiger partial charge on any atom is 0.0595 e. The van der Waals surface area contributed by atoms with Crippen molar-refractivity contribution in [3.05, 3.63) is 155 Å². The first-order valence-corrected chi connectivity index (χ1v) is 17.8. The van der Waals surface area contributed by atoms with Gasteiger partial charge in [-0.15, -0.1) is 11.3 Å². The molecule has 0 aliphatic heterocycles. The predicted octanol–water partition coefficient (Wildman–Crippen LogP) is 12.2. The maximum absolute atomic E-state index is 3.78. The highest BCUT2D eigenvalue weighted by atomic mass is 32.1. The summed E-state index contributed by atoms with van der Waals surface area (Å²) in [5.74, 6) is 0. The second kappa shape index (κ2) is 11.1. The lowest BCUT2D eigenvalue weighted by atomic mass is 9.81. The molecule has 0 bridgehead atoms. The van der Waals surface area contributed by atoms with Gasteiger partial charge in [-0.05, 0) is 92.8 Å². The van der Waals surface area contributed by atoms with Crippen molar-refractivity contribution in [2.45, 2.75) is 38.6 Å². The van der Waals surface area contributed by atoms with Crippen molar-refractivity contribution in [1.29, 1.82) is 0 Å². The van der Waals surface area contributed by atoms with Gasteiger partial charge in [-0.3, -0.25) is 0 Å². The molecule has 0 saturated carbocycles. The van der Waals surface area contributed by atoms with E-state index in [0.29, 0.717) is 0 Å². The highest BCUT2D eigenvalue weighted by Crippen LogP contribution is 2.50. The van der Waals surface area contributed by atoms with E-state index >= 15 is 0 Å². The van der Waals surface area contributed by atoms with Gasteiger partial charge in [0.25, 0.3) is 0 Å². The van der Waals surface area contributed by atoms with Crippen LogP contribution in [0.15, 0.2) is 127 Å². The molecule has 0 spiro atoms. The SMILES string of the molecule is CC/C(=C\n1c2ccccc2c2cc3ccccc3cc21)c1sc2ccccc2c1C(NC)c1ccc2c(c1)C(C)(C)c1ccccc1-2. The zero-order chi connectivity index (χ0) is 32.6. The lowest BCUT2D eigenvalue weighted by Gasteiger charge is -2.24. The summed E-state index contributed by atoms with van der Waals surface area (Å²) in [6.07, 6.45) is 3.34. The maximum atomic E-state index is 3.78. The summed E-state index contributed by atoms with van der Waals surface area (Å²) in [7, 11) is 2.11. The van der Waals surface area contributed by atoms with Crippen LogP contribution in [0.5, 0.6) is 0 Å². The van der Waals surface area contributed by atoms with E-state index in [2.05, 4.69) is 171 Å². The third kappa shape index (κ3) is 4.28. The van der Waals surface area contributed by atoms with Crippen LogP contribution in [-0.4, -0.2) is 11.6 Å². The lowest BCUT2D eigenvalue weighted by Crippen LogP contribution is -2.20. The first kappa shape index (κ1) is 29.2. The molecule has 8 aromatic rings. The van der Waals surface area contributed by atoms with Gasteiger partial charge in [-0.1, -0.05) is 124 Å². The van der Waals surface area contributed by atoms with Crippen molar-refractivity contribution in [3.63, 3.8) is 0 Å². The summed E-state index contributed by atoms with van der Waals surface area (Å²) in [6.45, 7) is 7.04. The van der Waals surface area contributed by atoms with Crippen molar-refractivity contribution in [3.8, 4) is 11.1 Å². The molecule has 3 heteroatoms. The van der Waals surface area contributed by atoms with Crippen LogP contribution < -0.4 is 5.32 Å². The summed E-state index contributed by atoms with van der Waals surface area (Å²) >= 11 is 1.92. The highest BCUT2D eigenvalue weighted by Gasteiger charge is 2.36. The van der Waals surface area contributed by atoms with E-state index in [1.165, 1.54) is 86.5 Å². The quantitative estimate of drug-likeness (QED) is 0.192. The zero-order valence-electron chi connectivity index (χ0n) is 27.8. The fourth-order valence-electron chi connectivity index (χ4n) is 8.26. The largest absolute Gasteiger partial charge is 0.316 e. The van der Waals surface area contributed by atoms with E-state index < -0.39 is 0 Å². The number of nitrogens with one attached hydrogen (secondary N) is 1. The molecule has 1 aliphatic carbocycles. The first-order valence-electron chi connectivity index (χ1n) is 17.0. The monoisotopic (exact) mass is 638 g/mol. The Morgan fingerprint density at radius 1 is 0.708 bits per heavy atom. The number of fused-ring (bicyclic) bond motifs is 8. The van der Waals surface area contributed by atoms with Crippen molar-refractivity contribution in [1.82, 2.24) is 9.88 Å². The second-order valence-corrected chi connectivity index (χ2v) is 14.7. The van der Waals surface area contributed by atoms with Crippen molar-refractivity contribution >= 4 is 65.8 Å². The number of nitrogens with zero attached hydrogens (tertiary/aromatic N) is 1. The highest BCUT2D eigenvalue weighted by molar-refractivity contribution is 7.20. The number of para-hydroxylation sites is 1. The predicted molar refractivity (Wildman–Crippen MR) is 208 cm³/mol. The Bertz CT molecular complexity index is 2580. The molecule has 0 fully saturated rings. The molecular weight excluding hydrogens is 601 g/mol. The minimum Gasteiger partial charge on any atom is -0.316 e. The normalized spacial score (nSPS) is 14.6. The molecule has 0 radical (unpaired) electrons. The molecule has 1 atom stereocenters. The fraction of sp³-hybridized carbons (Fsp3) is 0.156. The molecule has 2 heterocycles. The Morgan fingerprint density at radius 3 is 2.21 bits per heavy atom. The van der Waals surface area contributed by atoms with Gasteiger partial charge in [0.05, 0.1) is 17.1 Å². The summed E-state index contributed by atoms with van der Waals surface area (Å²) in [5.41, 5.74) is 12.0. The standard InChI is InChI=1S/C45H38N2S/c1-5-28(27-47-39-20-12-9-17-34(39)36-24-29-14-6-7-15-30(29)26-40(36)47)44-42(35-18-10-13-21-41(35)48-44)43(46-4)31-22-23-33-32-16-8-11-19-37(32)45(2,3)38(33)25-31/h6-27,43,46H,5H2,1-4H3/b28-27+. The molecule has 1 aliphatic rings. The molecule has 2 nitrogen and oxygen atoms in total. The Kier molecular flexibility index (Phi) is 6.72. The van der Waals surface area contributed by atoms with Gasteiger partial charge in [-0.25, -0.2) is 0 Å². The Morgan fingerprint density at radius 2 is 1.40 bits per heavy atom. The second-order valence-electron chi connectivity index (χ2n) is 13.6. The average Bonchev–Trinajstić information content (AvgIpc) is 3.72. The van der Waals surface area contributed by atoms with Crippen LogP contribution in [0.2, 0.25) is 0 Å². The fourth-order valence-corrected chi connectivity index (χ4v) is 9.58. The van der Waals surface area contributed by atoms with Crippen LogP contribution in [0.3, 0.4) is 0 Å². The molecule has 2 aromatic heterocycles. The number of benzene rings is 6. The van der Waals surface area contributed by atoms with Gasteiger partial charge in [0.1, 0.15) is 0 Å². The molecule has 234 valence electrons. The minimum absolute atomic E-state index is 0.0398.